The molecule has 0 heterocycles. The quantitative estimate of drug-likeness (QED) is 0.547. The summed E-state index contributed by atoms with van der Waals surface area (Å²) in [5.74, 6) is 0.919. The van der Waals surface area contributed by atoms with E-state index in [1.165, 1.54) is 5.56 Å². The van der Waals surface area contributed by atoms with Gasteiger partial charge in [-0.05, 0) is 49.1 Å². The van der Waals surface area contributed by atoms with E-state index in [9.17, 15) is 0 Å². The number of benzene rings is 1. The number of aliphatic imine (C=N–C) groups is 1. The molecule has 0 amide bonds. The van der Waals surface area contributed by atoms with Crippen LogP contribution in [0.25, 0.3) is 0 Å². The zero-order chi connectivity index (χ0) is 12.0. The summed E-state index contributed by atoms with van der Waals surface area (Å²) in [7, 11) is 3.52. The first-order chi connectivity index (χ1) is 7.72. The Morgan fingerprint density at radius 2 is 2.25 bits per heavy atom. The summed E-state index contributed by atoms with van der Waals surface area (Å²) < 4.78 is 5.24. The van der Waals surface area contributed by atoms with Gasteiger partial charge < -0.3 is 4.74 Å². The van der Waals surface area contributed by atoms with Crippen molar-refractivity contribution in [3.63, 3.8) is 0 Å². The minimum Gasteiger partial charge on any atom is -0.496 e. The maximum absolute atomic E-state index is 5.24. The molecule has 0 unspecified atom stereocenters. The van der Waals surface area contributed by atoms with Gasteiger partial charge in [0, 0.05) is 12.8 Å². The summed E-state index contributed by atoms with van der Waals surface area (Å²) >= 11 is 0. The Balaban J connectivity index is 2.94. The van der Waals surface area contributed by atoms with Crippen molar-refractivity contribution in [1.82, 2.24) is 0 Å². The summed E-state index contributed by atoms with van der Waals surface area (Å²) in [5.41, 5.74) is 3.42. The lowest BCUT2D eigenvalue weighted by atomic mass is 10.0. The highest BCUT2D eigenvalue weighted by Crippen LogP contribution is 2.20. The Morgan fingerprint density at radius 1 is 1.50 bits per heavy atom. The highest BCUT2D eigenvalue weighted by atomic mass is 16.5. The van der Waals surface area contributed by atoms with Crippen LogP contribution in [-0.4, -0.2) is 19.9 Å². The molecule has 0 radical (unpaired) electrons. The van der Waals surface area contributed by atoms with Crippen LogP contribution in [0, 0.1) is 6.92 Å². The van der Waals surface area contributed by atoms with Crippen molar-refractivity contribution in [3.05, 3.63) is 42.0 Å². The maximum Gasteiger partial charge on any atom is 0.121 e. The minimum absolute atomic E-state index is 0.919. The summed E-state index contributed by atoms with van der Waals surface area (Å²) in [4.78, 5) is 4.32. The van der Waals surface area contributed by atoms with E-state index < -0.39 is 0 Å². The van der Waals surface area contributed by atoms with Crippen LogP contribution in [0.15, 0.2) is 35.8 Å². The fourth-order valence-corrected chi connectivity index (χ4v) is 1.68. The number of methoxy groups -OCH3 is 1. The van der Waals surface area contributed by atoms with Crippen LogP contribution >= 0.6 is 0 Å². The molecule has 2 nitrogen and oxygen atoms in total. The first-order valence-electron chi connectivity index (χ1n) is 5.44. The molecule has 0 aliphatic carbocycles. The molecular formula is C14H19NO. The minimum atomic E-state index is 0.919. The van der Waals surface area contributed by atoms with Crippen molar-refractivity contribution in [2.24, 2.45) is 4.99 Å². The normalized spacial score (nSPS) is 11.3. The number of allylic oxidation sites excluding steroid dienone is 1. The summed E-state index contributed by atoms with van der Waals surface area (Å²) in [6.45, 7) is 5.78. The molecule has 1 rings (SSSR count). The van der Waals surface area contributed by atoms with E-state index in [0.29, 0.717) is 0 Å². The molecule has 0 fully saturated rings. The lowest BCUT2D eigenvalue weighted by Crippen LogP contribution is -2.01. The second-order valence-electron chi connectivity index (χ2n) is 3.68. The molecule has 0 aromatic heterocycles. The topological polar surface area (TPSA) is 21.6 Å². The molecular weight excluding hydrogens is 198 g/mol. The molecule has 1 aromatic rings. The van der Waals surface area contributed by atoms with Gasteiger partial charge in [-0.3, -0.25) is 4.99 Å². The van der Waals surface area contributed by atoms with E-state index in [1.807, 2.05) is 26.1 Å². The summed E-state index contributed by atoms with van der Waals surface area (Å²) in [6, 6.07) is 6.16. The van der Waals surface area contributed by atoms with E-state index in [4.69, 9.17) is 4.74 Å². The van der Waals surface area contributed by atoms with Crippen molar-refractivity contribution >= 4 is 5.71 Å². The molecule has 86 valence electrons. The molecule has 2 heteroatoms. The third-order valence-corrected chi connectivity index (χ3v) is 2.58. The van der Waals surface area contributed by atoms with Gasteiger partial charge in [-0.15, -0.1) is 6.58 Å². The van der Waals surface area contributed by atoms with Crippen LogP contribution in [0.1, 0.15) is 24.0 Å². The van der Waals surface area contributed by atoms with Gasteiger partial charge >= 0.3 is 0 Å². The molecule has 0 saturated carbocycles. The van der Waals surface area contributed by atoms with E-state index in [0.717, 1.165) is 29.9 Å². The third kappa shape index (κ3) is 2.96. The number of ether oxygens (including phenoxy) is 1. The first kappa shape index (κ1) is 12.5. The highest BCUT2D eigenvalue weighted by molar-refractivity contribution is 6.00. The van der Waals surface area contributed by atoms with Gasteiger partial charge in [-0.1, -0.05) is 6.08 Å². The van der Waals surface area contributed by atoms with Crippen molar-refractivity contribution < 1.29 is 4.74 Å². The first-order valence-corrected chi connectivity index (χ1v) is 5.44. The van der Waals surface area contributed by atoms with Gasteiger partial charge in [0.2, 0.25) is 0 Å². The maximum atomic E-state index is 5.24. The van der Waals surface area contributed by atoms with Crippen LogP contribution in [-0.2, 0) is 0 Å². The number of nitrogens with zero attached hydrogens (tertiary/aromatic N) is 1. The molecule has 1 aromatic carbocycles. The Morgan fingerprint density at radius 3 is 2.75 bits per heavy atom. The summed E-state index contributed by atoms with van der Waals surface area (Å²) in [5, 5.41) is 0. The van der Waals surface area contributed by atoms with E-state index >= 15 is 0 Å². The predicted octanol–water partition coefficient (Wildman–Crippen LogP) is 3.39. The lowest BCUT2D eigenvalue weighted by molar-refractivity contribution is 0.411. The van der Waals surface area contributed by atoms with Crippen LogP contribution in [0.3, 0.4) is 0 Å². The molecule has 0 spiro atoms. The van der Waals surface area contributed by atoms with Crippen LogP contribution in [0.4, 0.5) is 0 Å². The number of aryl methyl sites for hydroxylation is 1. The second-order valence-corrected chi connectivity index (χ2v) is 3.68. The van der Waals surface area contributed by atoms with Crippen molar-refractivity contribution in [1.29, 1.82) is 0 Å². The van der Waals surface area contributed by atoms with Gasteiger partial charge in [-0.25, -0.2) is 0 Å². The van der Waals surface area contributed by atoms with Crippen molar-refractivity contribution in [2.45, 2.75) is 19.8 Å². The largest absolute Gasteiger partial charge is 0.496 e. The second kappa shape index (κ2) is 6.11. The van der Waals surface area contributed by atoms with Gasteiger partial charge in [0.1, 0.15) is 5.75 Å². The molecule has 0 saturated heterocycles. The standard InChI is InChI=1S/C14H19NO/c1-5-6-7-13(15-3)12-8-9-14(16-4)11(2)10-12/h5,8-10H,1,6-7H2,2-4H3. The van der Waals surface area contributed by atoms with E-state index in [2.05, 4.69) is 23.7 Å². The van der Waals surface area contributed by atoms with E-state index in [-0.39, 0.29) is 0 Å². The molecule has 0 N–H and O–H groups in total. The molecule has 0 atom stereocenters. The Kier molecular flexibility index (Phi) is 4.77. The predicted molar refractivity (Wildman–Crippen MR) is 69.6 cm³/mol. The average Bonchev–Trinajstić information content (AvgIpc) is 2.30. The van der Waals surface area contributed by atoms with Gasteiger partial charge in [0.15, 0.2) is 0 Å². The van der Waals surface area contributed by atoms with Gasteiger partial charge in [0.05, 0.1) is 7.11 Å². The zero-order valence-corrected chi connectivity index (χ0v) is 10.3. The zero-order valence-electron chi connectivity index (χ0n) is 10.3. The average molecular weight is 217 g/mol. The fourth-order valence-electron chi connectivity index (χ4n) is 1.68. The Labute approximate surface area is 97.7 Å². The number of hydrogen-bond acceptors (Lipinski definition) is 2. The fraction of sp³-hybridized carbons (Fsp3) is 0.357. The van der Waals surface area contributed by atoms with Crippen LogP contribution < -0.4 is 4.74 Å². The van der Waals surface area contributed by atoms with Crippen LogP contribution in [0.2, 0.25) is 0 Å². The van der Waals surface area contributed by atoms with E-state index in [1.54, 1.807) is 7.11 Å². The molecule has 0 aliphatic heterocycles. The third-order valence-electron chi connectivity index (χ3n) is 2.58. The van der Waals surface area contributed by atoms with Crippen molar-refractivity contribution in [2.75, 3.05) is 14.2 Å². The van der Waals surface area contributed by atoms with Crippen LogP contribution in [0.5, 0.6) is 5.75 Å². The number of hydrogen-bond donors (Lipinski definition) is 0. The van der Waals surface area contributed by atoms with Gasteiger partial charge in [-0.2, -0.15) is 0 Å². The van der Waals surface area contributed by atoms with Crippen molar-refractivity contribution in [3.8, 4) is 5.75 Å². The Bertz CT molecular complexity index is 394. The molecule has 16 heavy (non-hydrogen) atoms. The molecule has 0 aliphatic rings. The summed E-state index contributed by atoms with van der Waals surface area (Å²) in [6.07, 6.45) is 3.81. The van der Waals surface area contributed by atoms with Gasteiger partial charge in [0.25, 0.3) is 0 Å². The molecule has 0 bridgehead atoms. The lowest BCUT2D eigenvalue weighted by Gasteiger charge is -2.09. The smallest absolute Gasteiger partial charge is 0.121 e. The number of rotatable bonds is 5. The monoisotopic (exact) mass is 217 g/mol. The Hall–Kier alpha value is -1.57. The highest BCUT2D eigenvalue weighted by Gasteiger charge is 2.05. The SMILES string of the molecule is C=CCCC(=NC)c1ccc(OC)c(C)c1.